The molecular weight excluding hydrogens is 258 g/mol. The van der Waals surface area contributed by atoms with E-state index in [2.05, 4.69) is 0 Å². The maximum atomic E-state index is 12.0. The Hall–Kier alpha value is -3.00. The molecule has 20 heavy (non-hydrogen) atoms. The van der Waals surface area contributed by atoms with Gasteiger partial charge >= 0.3 is 0 Å². The van der Waals surface area contributed by atoms with Crippen molar-refractivity contribution in [3.8, 4) is 17.6 Å². The number of ether oxygens (including phenoxy) is 2. The fourth-order valence-electron chi connectivity index (χ4n) is 1.86. The Bertz CT molecular complexity index is 723. The molecule has 1 aliphatic rings. The highest BCUT2D eigenvalue weighted by atomic mass is 16.7. The highest BCUT2D eigenvalue weighted by Gasteiger charge is 2.16. The molecule has 1 aromatic heterocycles. The Labute approximate surface area is 114 Å². The maximum Gasteiger partial charge on any atom is 0.238 e. The quantitative estimate of drug-likeness (QED) is 0.485. The monoisotopic (exact) mass is 267 g/mol. The van der Waals surface area contributed by atoms with Gasteiger partial charge in [0.05, 0.1) is 6.26 Å². The Balaban J connectivity index is 1.93. The van der Waals surface area contributed by atoms with Crippen molar-refractivity contribution in [2.75, 3.05) is 6.79 Å². The lowest BCUT2D eigenvalue weighted by Crippen LogP contribution is -1.99. The molecule has 1 aliphatic heterocycles. The molecule has 0 saturated heterocycles. The van der Waals surface area contributed by atoms with E-state index in [1.165, 1.54) is 18.4 Å². The van der Waals surface area contributed by atoms with Gasteiger partial charge in [-0.2, -0.15) is 5.26 Å². The molecule has 0 saturated carbocycles. The van der Waals surface area contributed by atoms with Gasteiger partial charge in [0.2, 0.25) is 12.6 Å². The van der Waals surface area contributed by atoms with Crippen LogP contribution in [-0.2, 0) is 0 Å². The van der Waals surface area contributed by atoms with Gasteiger partial charge in [-0.15, -0.1) is 0 Å². The fraction of sp³-hybridized carbons (Fsp3) is 0.0667. The van der Waals surface area contributed by atoms with Gasteiger partial charge in [0.25, 0.3) is 0 Å². The van der Waals surface area contributed by atoms with Crippen LogP contribution in [0, 0.1) is 11.3 Å². The van der Waals surface area contributed by atoms with Crippen LogP contribution in [0.2, 0.25) is 0 Å². The van der Waals surface area contributed by atoms with Gasteiger partial charge in [0.15, 0.2) is 17.3 Å². The molecule has 5 heteroatoms. The summed E-state index contributed by atoms with van der Waals surface area (Å²) in [5.41, 5.74) is 0.685. The van der Waals surface area contributed by atoms with Gasteiger partial charge in [0.1, 0.15) is 11.6 Å². The molecule has 2 heterocycles. The molecule has 0 amide bonds. The number of hydrogen-bond donors (Lipinski definition) is 0. The van der Waals surface area contributed by atoms with Gasteiger partial charge in [-0.1, -0.05) is 6.07 Å². The molecule has 2 aromatic rings. The molecule has 0 unspecified atom stereocenters. The molecule has 98 valence electrons. The first-order valence-electron chi connectivity index (χ1n) is 5.87. The van der Waals surface area contributed by atoms with Crippen molar-refractivity contribution in [1.82, 2.24) is 0 Å². The Morgan fingerprint density at radius 2 is 2.10 bits per heavy atom. The second-order valence-corrected chi connectivity index (χ2v) is 4.09. The molecule has 1 aromatic carbocycles. The summed E-state index contributed by atoms with van der Waals surface area (Å²) >= 11 is 0. The van der Waals surface area contributed by atoms with Crippen molar-refractivity contribution >= 4 is 11.9 Å². The lowest BCUT2D eigenvalue weighted by molar-refractivity contribution is 0.101. The van der Waals surface area contributed by atoms with Crippen LogP contribution in [-0.4, -0.2) is 12.6 Å². The predicted molar refractivity (Wildman–Crippen MR) is 69.2 cm³/mol. The minimum atomic E-state index is -0.449. The average molecular weight is 267 g/mol. The molecule has 0 N–H and O–H groups in total. The first kappa shape index (κ1) is 12.1. The average Bonchev–Trinajstić information content (AvgIpc) is 3.14. The second-order valence-electron chi connectivity index (χ2n) is 4.09. The summed E-state index contributed by atoms with van der Waals surface area (Å²) in [6, 6.07) is 10.2. The third-order valence-electron chi connectivity index (χ3n) is 2.82. The summed E-state index contributed by atoms with van der Waals surface area (Å²) in [6.07, 6.45) is 2.88. The first-order valence-corrected chi connectivity index (χ1v) is 5.87. The van der Waals surface area contributed by atoms with Crippen LogP contribution >= 0.6 is 0 Å². The predicted octanol–water partition coefficient (Wildman–Crippen LogP) is 2.80. The lowest BCUT2D eigenvalue weighted by atomic mass is 10.1. The van der Waals surface area contributed by atoms with Crippen molar-refractivity contribution in [2.45, 2.75) is 0 Å². The number of allylic oxidation sites excluding steroid dienone is 1. The van der Waals surface area contributed by atoms with Crippen LogP contribution in [0.25, 0.3) is 6.08 Å². The summed E-state index contributed by atoms with van der Waals surface area (Å²) in [7, 11) is 0. The van der Waals surface area contributed by atoms with Crippen LogP contribution < -0.4 is 9.47 Å². The minimum absolute atomic E-state index is 0.00110. The number of carbonyl (C=O) groups is 1. The summed E-state index contributed by atoms with van der Waals surface area (Å²) < 4.78 is 15.5. The topological polar surface area (TPSA) is 72.5 Å². The van der Waals surface area contributed by atoms with Crippen molar-refractivity contribution in [1.29, 1.82) is 5.26 Å². The van der Waals surface area contributed by atoms with Crippen molar-refractivity contribution in [3.05, 3.63) is 53.5 Å². The Kier molecular flexibility index (Phi) is 2.98. The van der Waals surface area contributed by atoms with Crippen molar-refractivity contribution < 1.29 is 18.7 Å². The van der Waals surface area contributed by atoms with Crippen LogP contribution in [0.4, 0.5) is 0 Å². The molecular formula is C15H9NO4. The number of fused-ring (bicyclic) bond motifs is 1. The zero-order valence-electron chi connectivity index (χ0n) is 10.3. The smallest absolute Gasteiger partial charge is 0.238 e. The minimum Gasteiger partial charge on any atom is -0.461 e. The molecule has 0 aliphatic carbocycles. The number of hydrogen-bond acceptors (Lipinski definition) is 5. The molecule has 0 atom stereocenters. The van der Waals surface area contributed by atoms with E-state index in [4.69, 9.17) is 19.2 Å². The van der Waals surface area contributed by atoms with Crippen LogP contribution in [0.1, 0.15) is 16.1 Å². The zero-order valence-corrected chi connectivity index (χ0v) is 10.3. The van der Waals surface area contributed by atoms with E-state index in [1.54, 1.807) is 24.3 Å². The number of ketones is 1. The molecule has 0 spiro atoms. The van der Waals surface area contributed by atoms with Gasteiger partial charge in [-0.05, 0) is 35.9 Å². The fourth-order valence-corrected chi connectivity index (χ4v) is 1.86. The van der Waals surface area contributed by atoms with E-state index in [0.717, 1.165) is 0 Å². The van der Waals surface area contributed by atoms with Gasteiger partial charge in [0, 0.05) is 0 Å². The molecule has 3 rings (SSSR count). The number of rotatable bonds is 3. The summed E-state index contributed by atoms with van der Waals surface area (Å²) in [6.45, 7) is 0.179. The Morgan fingerprint density at radius 1 is 1.25 bits per heavy atom. The summed E-state index contributed by atoms with van der Waals surface area (Å²) in [4.78, 5) is 12.0. The van der Waals surface area contributed by atoms with E-state index in [0.29, 0.717) is 17.1 Å². The van der Waals surface area contributed by atoms with Crippen LogP contribution in [0.5, 0.6) is 11.5 Å². The number of benzene rings is 1. The highest BCUT2D eigenvalue weighted by Crippen LogP contribution is 2.33. The standard InChI is InChI=1S/C15H9NO4/c16-8-11(15(17)13-2-1-5-18-13)6-10-3-4-12-14(7-10)20-9-19-12/h1-7H,9H2/b11-6+. The number of furan rings is 1. The molecule has 5 nitrogen and oxygen atoms in total. The van der Waals surface area contributed by atoms with E-state index in [-0.39, 0.29) is 18.1 Å². The highest BCUT2D eigenvalue weighted by molar-refractivity contribution is 6.12. The molecule has 0 bridgehead atoms. The zero-order chi connectivity index (χ0) is 13.9. The molecule has 0 fully saturated rings. The number of nitriles is 1. The normalized spacial score (nSPS) is 13.1. The Morgan fingerprint density at radius 3 is 2.85 bits per heavy atom. The molecule has 0 radical (unpaired) electrons. The van der Waals surface area contributed by atoms with Gasteiger partial charge in [-0.25, -0.2) is 0 Å². The van der Waals surface area contributed by atoms with Gasteiger partial charge < -0.3 is 13.9 Å². The van der Waals surface area contributed by atoms with E-state index >= 15 is 0 Å². The first-order chi connectivity index (χ1) is 9.78. The van der Waals surface area contributed by atoms with E-state index in [9.17, 15) is 4.79 Å². The van der Waals surface area contributed by atoms with Crippen molar-refractivity contribution in [2.24, 2.45) is 0 Å². The number of Topliss-reactive ketones (excluding diaryl/α,β-unsaturated/α-hetero) is 1. The van der Waals surface area contributed by atoms with Crippen molar-refractivity contribution in [3.63, 3.8) is 0 Å². The van der Waals surface area contributed by atoms with E-state index < -0.39 is 5.78 Å². The van der Waals surface area contributed by atoms with Gasteiger partial charge in [-0.3, -0.25) is 4.79 Å². The maximum absolute atomic E-state index is 12.0. The lowest BCUT2D eigenvalue weighted by Gasteiger charge is -1.99. The largest absolute Gasteiger partial charge is 0.461 e. The number of carbonyl (C=O) groups excluding carboxylic acids is 1. The van der Waals surface area contributed by atoms with Crippen LogP contribution in [0.3, 0.4) is 0 Å². The van der Waals surface area contributed by atoms with E-state index in [1.807, 2.05) is 6.07 Å². The summed E-state index contributed by atoms with van der Waals surface area (Å²) in [5, 5.41) is 9.11. The third kappa shape index (κ3) is 2.15. The number of nitrogens with zero attached hydrogens (tertiary/aromatic N) is 1. The summed E-state index contributed by atoms with van der Waals surface area (Å²) in [5.74, 6) is 0.938. The third-order valence-corrected chi connectivity index (χ3v) is 2.82. The SMILES string of the molecule is N#C/C(=C\c1ccc2c(c1)OCO2)C(=O)c1ccco1. The van der Waals surface area contributed by atoms with Crippen LogP contribution in [0.15, 0.2) is 46.6 Å². The second kappa shape index (κ2) is 4.94.